The fraction of sp³-hybridized carbons (Fsp3) is 0.143. The van der Waals surface area contributed by atoms with Gasteiger partial charge in [0, 0.05) is 22.5 Å². The van der Waals surface area contributed by atoms with Gasteiger partial charge in [-0.3, -0.25) is 9.59 Å². The molecular formula is C21H17ClN2O4. The van der Waals surface area contributed by atoms with Gasteiger partial charge in [0.25, 0.3) is 5.56 Å². The summed E-state index contributed by atoms with van der Waals surface area (Å²) in [7, 11) is 0. The number of rotatable bonds is 4. The number of nitrogens with one attached hydrogen (secondary N) is 2. The van der Waals surface area contributed by atoms with Gasteiger partial charge >= 0.3 is 0 Å². The standard InChI is InChI=1S/C21H17ClN2O4/c22-15-6-3-14(4-7-15)12-23-19(26)11-18-20(27)17-10-13(2-1-9-25)5-8-16(17)21(28)24-18/h3-8,10,25,27H,9,11-12H2,(H,23,26)(H,24,28). The highest BCUT2D eigenvalue weighted by Crippen LogP contribution is 2.26. The van der Waals surface area contributed by atoms with Crippen molar-refractivity contribution in [2.75, 3.05) is 6.61 Å². The van der Waals surface area contributed by atoms with Crippen LogP contribution >= 0.6 is 11.6 Å². The first kappa shape index (κ1) is 19.5. The minimum Gasteiger partial charge on any atom is -0.505 e. The van der Waals surface area contributed by atoms with Crippen molar-refractivity contribution in [2.45, 2.75) is 13.0 Å². The van der Waals surface area contributed by atoms with E-state index in [9.17, 15) is 14.7 Å². The highest BCUT2D eigenvalue weighted by Gasteiger charge is 2.14. The van der Waals surface area contributed by atoms with Crippen LogP contribution in [-0.4, -0.2) is 27.7 Å². The maximum Gasteiger partial charge on any atom is 0.256 e. The molecule has 28 heavy (non-hydrogen) atoms. The monoisotopic (exact) mass is 396 g/mol. The van der Waals surface area contributed by atoms with Gasteiger partial charge in [-0.05, 0) is 35.9 Å². The Morgan fingerprint density at radius 3 is 2.61 bits per heavy atom. The molecule has 142 valence electrons. The van der Waals surface area contributed by atoms with E-state index in [0.29, 0.717) is 22.5 Å². The molecule has 4 N–H and O–H groups in total. The fourth-order valence-corrected chi connectivity index (χ4v) is 2.86. The molecular weight excluding hydrogens is 380 g/mol. The summed E-state index contributed by atoms with van der Waals surface area (Å²) >= 11 is 5.83. The first-order chi connectivity index (χ1) is 13.5. The fourth-order valence-electron chi connectivity index (χ4n) is 2.74. The first-order valence-corrected chi connectivity index (χ1v) is 8.84. The number of benzene rings is 2. The van der Waals surface area contributed by atoms with Crippen molar-refractivity contribution in [3.8, 4) is 17.6 Å². The third-order valence-corrected chi connectivity index (χ3v) is 4.37. The van der Waals surface area contributed by atoms with E-state index in [1.54, 1.807) is 42.5 Å². The van der Waals surface area contributed by atoms with Crippen LogP contribution in [0.2, 0.25) is 5.02 Å². The van der Waals surface area contributed by atoms with Gasteiger partial charge in [0.1, 0.15) is 12.4 Å². The predicted molar refractivity (Wildman–Crippen MR) is 107 cm³/mol. The van der Waals surface area contributed by atoms with Crippen molar-refractivity contribution in [1.82, 2.24) is 10.3 Å². The lowest BCUT2D eigenvalue weighted by atomic mass is 10.1. The highest BCUT2D eigenvalue weighted by atomic mass is 35.5. The first-order valence-electron chi connectivity index (χ1n) is 8.46. The Bertz CT molecular complexity index is 1140. The lowest BCUT2D eigenvalue weighted by Crippen LogP contribution is -2.26. The Hall–Kier alpha value is -3.27. The van der Waals surface area contributed by atoms with Gasteiger partial charge in [-0.15, -0.1) is 0 Å². The third-order valence-electron chi connectivity index (χ3n) is 4.12. The molecule has 0 spiro atoms. The molecule has 1 heterocycles. The van der Waals surface area contributed by atoms with Crippen LogP contribution in [0.1, 0.15) is 16.8 Å². The molecule has 0 aliphatic rings. The molecule has 2 aromatic carbocycles. The summed E-state index contributed by atoms with van der Waals surface area (Å²) in [4.78, 5) is 27.1. The largest absolute Gasteiger partial charge is 0.505 e. The quantitative estimate of drug-likeness (QED) is 0.507. The topological polar surface area (TPSA) is 102 Å². The summed E-state index contributed by atoms with van der Waals surface area (Å²) in [5.41, 5.74) is 1.13. The number of aromatic amines is 1. The Balaban J connectivity index is 1.81. The smallest absolute Gasteiger partial charge is 0.256 e. The zero-order valence-corrected chi connectivity index (χ0v) is 15.5. The molecule has 1 amide bonds. The summed E-state index contributed by atoms with van der Waals surface area (Å²) in [6, 6.07) is 11.8. The van der Waals surface area contributed by atoms with E-state index in [-0.39, 0.29) is 35.8 Å². The normalized spacial score (nSPS) is 10.4. The number of aliphatic hydroxyl groups excluding tert-OH is 1. The maximum absolute atomic E-state index is 12.3. The molecule has 1 aromatic heterocycles. The summed E-state index contributed by atoms with van der Waals surface area (Å²) in [6.45, 7) is 0.00785. The van der Waals surface area contributed by atoms with Crippen LogP contribution < -0.4 is 10.9 Å². The van der Waals surface area contributed by atoms with Crippen molar-refractivity contribution < 1.29 is 15.0 Å². The van der Waals surface area contributed by atoms with E-state index in [1.165, 1.54) is 0 Å². The molecule has 3 rings (SSSR count). The van der Waals surface area contributed by atoms with Crippen LogP contribution in [0.4, 0.5) is 0 Å². The number of hydrogen-bond acceptors (Lipinski definition) is 4. The second-order valence-electron chi connectivity index (χ2n) is 6.08. The molecule has 0 saturated carbocycles. The van der Waals surface area contributed by atoms with E-state index >= 15 is 0 Å². The van der Waals surface area contributed by atoms with Gasteiger partial charge in [0.2, 0.25) is 5.91 Å². The predicted octanol–water partition coefficient (Wildman–Crippen LogP) is 2.09. The summed E-state index contributed by atoms with van der Waals surface area (Å²) in [5, 5.41) is 23.3. The Morgan fingerprint density at radius 1 is 1.14 bits per heavy atom. The van der Waals surface area contributed by atoms with Crippen molar-refractivity contribution in [3.05, 3.63) is 74.7 Å². The molecule has 6 nitrogen and oxygen atoms in total. The molecule has 0 bridgehead atoms. The average Bonchev–Trinajstić information content (AvgIpc) is 2.69. The summed E-state index contributed by atoms with van der Waals surface area (Å²) in [5.74, 6) is 4.71. The number of H-pyrrole nitrogens is 1. The number of aliphatic hydroxyl groups is 1. The van der Waals surface area contributed by atoms with Crippen LogP contribution in [0.25, 0.3) is 10.8 Å². The lowest BCUT2D eigenvalue weighted by Gasteiger charge is -2.09. The Morgan fingerprint density at radius 2 is 1.89 bits per heavy atom. The summed E-state index contributed by atoms with van der Waals surface area (Å²) in [6.07, 6.45) is -0.183. The third kappa shape index (κ3) is 4.52. The second-order valence-corrected chi connectivity index (χ2v) is 6.52. The number of aromatic nitrogens is 1. The zero-order valence-electron chi connectivity index (χ0n) is 14.8. The van der Waals surface area contributed by atoms with Crippen molar-refractivity contribution >= 4 is 28.3 Å². The maximum atomic E-state index is 12.3. The number of halogens is 1. The van der Waals surface area contributed by atoms with Crippen LogP contribution in [0.3, 0.4) is 0 Å². The molecule has 0 radical (unpaired) electrons. The molecule has 3 aromatic rings. The van der Waals surface area contributed by atoms with Gasteiger partial charge in [0.15, 0.2) is 0 Å². The van der Waals surface area contributed by atoms with Gasteiger partial charge < -0.3 is 20.5 Å². The van der Waals surface area contributed by atoms with Crippen LogP contribution in [0.15, 0.2) is 47.3 Å². The van der Waals surface area contributed by atoms with Gasteiger partial charge in [0.05, 0.1) is 17.5 Å². The number of carbonyl (C=O) groups is 1. The lowest BCUT2D eigenvalue weighted by molar-refractivity contribution is -0.120. The molecule has 0 atom stereocenters. The molecule has 7 heteroatoms. The van der Waals surface area contributed by atoms with E-state index < -0.39 is 5.56 Å². The van der Waals surface area contributed by atoms with E-state index in [0.717, 1.165) is 5.56 Å². The zero-order chi connectivity index (χ0) is 20.1. The summed E-state index contributed by atoms with van der Waals surface area (Å²) < 4.78 is 0. The molecule has 0 aliphatic carbocycles. The van der Waals surface area contributed by atoms with Crippen molar-refractivity contribution in [2.24, 2.45) is 0 Å². The Labute approximate surface area is 165 Å². The molecule has 0 saturated heterocycles. The van der Waals surface area contributed by atoms with Crippen LogP contribution in [0.5, 0.6) is 5.75 Å². The number of carbonyl (C=O) groups excluding carboxylic acids is 1. The van der Waals surface area contributed by atoms with E-state index in [1.807, 2.05) is 0 Å². The van der Waals surface area contributed by atoms with Crippen LogP contribution in [-0.2, 0) is 17.8 Å². The molecule has 0 fully saturated rings. The van der Waals surface area contributed by atoms with Gasteiger partial charge in [-0.1, -0.05) is 35.6 Å². The number of fused-ring (bicyclic) bond motifs is 1. The molecule has 0 unspecified atom stereocenters. The SMILES string of the molecule is O=C(Cc1[nH]c(=O)c2ccc(C#CCO)cc2c1O)NCc1ccc(Cl)cc1. The second kappa shape index (κ2) is 8.61. The minimum atomic E-state index is -0.407. The van der Waals surface area contributed by atoms with Gasteiger partial charge in [-0.25, -0.2) is 0 Å². The number of hydrogen-bond donors (Lipinski definition) is 4. The number of amides is 1. The van der Waals surface area contributed by atoms with E-state index in [2.05, 4.69) is 22.1 Å². The van der Waals surface area contributed by atoms with Crippen molar-refractivity contribution in [1.29, 1.82) is 0 Å². The Kier molecular flexibility index (Phi) is 5.99. The van der Waals surface area contributed by atoms with Crippen molar-refractivity contribution in [3.63, 3.8) is 0 Å². The van der Waals surface area contributed by atoms with E-state index in [4.69, 9.17) is 16.7 Å². The van der Waals surface area contributed by atoms with Crippen LogP contribution in [0, 0.1) is 11.8 Å². The number of pyridine rings is 1. The number of aromatic hydroxyl groups is 1. The van der Waals surface area contributed by atoms with Gasteiger partial charge in [-0.2, -0.15) is 0 Å². The molecule has 0 aliphatic heterocycles. The minimum absolute atomic E-state index is 0.123. The average molecular weight is 397 g/mol. The highest BCUT2D eigenvalue weighted by molar-refractivity contribution is 6.30.